The second kappa shape index (κ2) is 8.08. The van der Waals surface area contributed by atoms with Crippen molar-refractivity contribution >= 4 is 5.71 Å². The summed E-state index contributed by atoms with van der Waals surface area (Å²) in [7, 11) is 0. The molecule has 0 spiro atoms. The van der Waals surface area contributed by atoms with Gasteiger partial charge in [0.25, 0.3) is 0 Å². The van der Waals surface area contributed by atoms with Crippen LogP contribution in [-0.4, -0.2) is 29.5 Å². The van der Waals surface area contributed by atoms with E-state index in [0.29, 0.717) is 5.92 Å². The molecule has 1 aliphatic heterocycles. The molecule has 0 amide bonds. The lowest BCUT2D eigenvalue weighted by Crippen LogP contribution is -2.40. The fourth-order valence-electron chi connectivity index (χ4n) is 2.30. The van der Waals surface area contributed by atoms with Gasteiger partial charge < -0.3 is 10.4 Å². The zero-order chi connectivity index (χ0) is 14.3. The topological polar surface area (TPSA) is 44.6 Å². The summed E-state index contributed by atoms with van der Waals surface area (Å²) < 4.78 is 0. The Morgan fingerprint density at radius 3 is 2.74 bits per heavy atom. The minimum absolute atomic E-state index is 0.0887. The van der Waals surface area contributed by atoms with Gasteiger partial charge in [-0.15, -0.1) is 0 Å². The largest absolute Gasteiger partial charge is 0.392 e. The molecule has 1 heterocycles. The van der Waals surface area contributed by atoms with E-state index in [1.807, 2.05) is 33.0 Å². The van der Waals surface area contributed by atoms with Crippen LogP contribution in [-0.2, 0) is 0 Å². The van der Waals surface area contributed by atoms with Crippen molar-refractivity contribution in [1.82, 2.24) is 5.32 Å². The normalized spacial score (nSPS) is 22.9. The van der Waals surface area contributed by atoms with Gasteiger partial charge in [0.15, 0.2) is 0 Å². The summed E-state index contributed by atoms with van der Waals surface area (Å²) in [6.07, 6.45) is 10.8. The van der Waals surface area contributed by atoms with E-state index in [1.165, 1.54) is 5.57 Å². The number of hydrogen-bond donors (Lipinski definition) is 2. The second-order valence-corrected chi connectivity index (χ2v) is 4.58. The summed E-state index contributed by atoms with van der Waals surface area (Å²) >= 11 is 0. The van der Waals surface area contributed by atoms with E-state index >= 15 is 0 Å². The Hall–Kier alpha value is -1.19. The van der Waals surface area contributed by atoms with Gasteiger partial charge in [-0.05, 0) is 19.0 Å². The monoisotopic (exact) mass is 262 g/mol. The van der Waals surface area contributed by atoms with Crippen LogP contribution in [0.4, 0.5) is 0 Å². The number of hydrogen-bond acceptors (Lipinski definition) is 3. The van der Waals surface area contributed by atoms with Gasteiger partial charge in [0, 0.05) is 30.3 Å². The lowest BCUT2D eigenvalue weighted by molar-refractivity contribution is 0.148. The summed E-state index contributed by atoms with van der Waals surface area (Å²) in [4.78, 5) is 4.49. The van der Waals surface area contributed by atoms with Crippen LogP contribution in [0.25, 0.3) is 0 Å². The first-order valence-electron chi connectivity index (χ1n) is 7.25. The lowest BCUT2D eigenvalue weighted by atomic mass is 9.88. The van der Waals surface area contributed by atoms with Crippen molar-refractivity contribution in [3.8, 4) is 0 Å². The molecular weight excluding hydrogens is 236 g/mol. The highest BCUT2D eigenvalue weighted by atomic mass is 16.3. The fourth-order valence-corrected chi connectivity index (χ4v) is 2.30. The number of allylic oxidation sites excluding steroid dienone is 5. The van der Waals surface area contributed by atoms with Crippen molar-refractivity contribution in [3.63, 3.8) is 0 Å². The Balaban J connectivity index is 0.000000861. The zero-order valence-electron chi connectivity index (χ0n) is 12.4. The van der Waals surface area contributed by atoms with Crippen molar-refractivity contribution in [3.05, 3.63) is 36.1 Å². The molecular formula is C16H26N2O. The number of aliphatic imine (C=N–C) groups is 1. The molecule has 0 bridgehead atoms. The van der Waals surface area contributed by atoms with E-state index in [0.717, 1.165) is 18.7 Å². The van der Waals surface area contributed by atoms with Gasteiger partial charge in [0.05, 0.1) is 6.10 Å². The Bertz CT molecular complexity index is 392. The molecule has 3 atom stereocenters. The van der Waals surface area contributed by atoms with E-state index < -0.39 is 0 Å². The van der Waals surface area contributed by atoms with Gasteiger partial charge in [-0.1, -0.05) is 45.1 Å². The zero-order valence-corrected chi connectivity index (χ0v) is 12.4. The maximum absolute atomic E-state index is 9.73. The Morgan fingerprint density at radius 1 is 1.37 bits per heavy atom. The standard InChI is InChI=1S/C14H20N2O.C2H6/c1-3-15-13(10(2)17)8-14-12-7-5-4-6-11(12)9-16-14;1-2/h4-7,9-10,12-13,15,17H,3,8H2,1-2H3;1-2H3. The van der Waals surface area contributed by atoms with Crippen LogP contribution < -0.4 is 5.32 Å². The summed E-state index contributed by atoms with van der Waals surface area (Å²) in [6.45, 7) is 8.75. The first-order valence-corrected chi connectivity index (χ1v) is 7.25. The predicted molar refractivity (Wildman–Crippen MR) is 82.4 cm³/mol. The third-order valence-electron chi connectivity index (χ3n) is 3.28. The number of nitrogens with one attached hydrogen (secondary N) is 1. The number of fused-ring (bicyclic) bond motifs is 1. The van der Waals surface area contributed by atoms with Gasteiger partial charge in [-0.3, -0.25) is 4.99 Å². The number of aliphatic hydroxyl groups is 1. The molecule has 2 aliphatic rings. The van der Waals surface area contributed by atoms with Crippen molar-refractivity contribution in [2.24, 2.45) is 10.9 Å². The molecule has 3 nitrogen and oxygen atoms in total. The molecule has 19 heavy (non-hydrogen) atoms. The maximum atomic E-state index is 9.73. The van der Waals surface area contributed by atoms with Gasteiger partial charge in [0.2, 0.25) is 0 Å². The summed E-state index contributed by atoms with van der Waals surface area (Å²) in [6, 6.07) is 0.0887. The molecule has 0 aromatic carbocycles. The lowest BCUT2D eigenvalue weighted by Gasteiger charge is -2.23. The molecule has 0 fully saturated rings. The molecule has 0 radical (unpaired) electrons. The van der Waals surface area contributed by atoms with Crippen molar-refractivity contribution < 1.29 is 5.11 Å². The Kier molecular flexibility index (Phi) is 6.74. The second-order valence-electron chi connectivity index (χ2n) is 4.58. The van der Waals surface area contributed by atoms with Crippen LogP contribution >= 0.6 is 0 Å². The first-order chi connectivity index (χ1) is 9.22. The minimum atomic E-state index is -0.357. The van der Waals surface area contributed by atoms with Crippen molar-refractivity contribution in [2.45, 2.75) is 46.3 Å². The number of nitrogens with zero attached hydrogens (tertiary/aromatic N) is 1. The molecule has 0 aromatic rings. The summed E-state index contributed by atoms with van der Waals surface area (Å²) in [5.74, 6) is 0.319. The van der Waals surface area contributed by atoms with Gasteiger partial charge in [-0.25, -0.2) is 0 Å². The third kappa shape index (κ3) is 4.15. The molecule has 3 heteroatoms. The molecule has 0 saturated heterocycles. The molecule has 1 aliphatic carbocycles. The minimum Gasteiger partial charge on any atom is -0.392 e. The Morgan fingerprint density at radius 2 is 2.11 bits per heavy atom. The average molecular weight is 262 g/mol. The first kappa shape index (κ1) is 15.9. The van der Waals surface area contributed by atoms with Gasteiger partial charge in [-0.2, -0.15) is 0 Å². The molecule has 2 rings (SSSR count). The summed E-state index contributed by atoms with van der Waals surface area (Å²) in [5.41, 5.74) is 2.40. The van der Waals surface area contributed by atoms with Crippen LogP contribution in [0.3, 0.4) is 0 Å². The highest BCUT2D eigenvalue weighted by molar-refractivity contribution is 5.94. The fraction of sp³-hybridized carbons (Fsp3) is 0.562. The SMILES string of the molecule is CC.CCNC(CC1=NC=C2C=CC=CC21)C(C)O. The van der Waals surface area contributed by atoms with Gasteiger partial charge >= 0.3 is 0 Å². The highest BCUT2D eigenvalue weighted by Crippen LogP contribution is 2.27. The highest BCUT2D eigenvalue weighted by Gasteiger charge is 2.26. The van der Waals surface area contributed by atoms with E-state index in [9.17, 15) is 5.11 Å². The molecule has 0 aromatic heterocycles. The van der Waals surface area contributed by atoms with E-state index in [2.05, 4.69) is 35.5 Å². The smallest absolute Gasteiger partial charge is 0.0668 e. The predicted octanol–water partition coefficient (Wildman–Crippen LogP) is 2.84. The van der Waals surface area contributed by atoms with Crippen LogP contribution in [0.15, 0.2) is 41.1 Å². The molecule has 0 saturated carbocycles. The van der Waals surface area contributed by atoms with Crippen LogP contribution in [0.1, 0.15) is 34.1 Å². The van der Waals surface area contributed by atoms with Crippen LogP contribution in [0, 0.1) is 5.92 Å². The van der Waals surface area contributed by atoms with Crippen LogP contribution in [0.2, 0.25) is 0 Å². The molecule has 2 N–H and O–H groups in total. The maximum Gasteiger partial charge on any atom is 0.0668 e. The van der Waals surface area contributed by atoms with E-state index in [-0.39, 0.29) is 12.1 Å². The molecule has 106 valence electrons. The number of rotatable bonds is 5. The number of aliphatic hydroxyl groups excluding tert-OH is 1. The third-order valence-corrected chi connectivity index (χ3v) is 3.28. The van der Waals surface area contributed by atoms with E-state index in [4.69, 9.17) is 0 Å². The van der Waals surface area contributed by atoms with Crippen LogP contribution in [0.5, 0.6) is 0 Å². The molecule has 3 unspecified atom stereocenters. The Labute approximate surface area is 116 Å². The number of likely N-dealkylation sites (N-methyl/N-ethyl adjacent to an activating group) is 1. The summed E-state index contributed by atoms with van der Waals surface area (Å²) in [5, 5.41) is 13.0. The van der Waals surface area contributed by atoms with Crippen molar-refractivity contribution in [2.75, 3.05) is 6.54 Å². The van der Waals surface area contributed by atoms with E-state index in [1.54, 1.807) is 0 Å². The van der Waals surface area contributed by atoms with Gasteiger partial charge in [0.1, 0.15) is 0 Å². The van der Waals surface area contributed by atoms with Crippen molar-refractivity contribution in [1.29, 1.82) is 0 Å². The quantitative estimate of drug-likeness (QED) is 0.800. The average Bonchev–Trinajstić information content (AvgIpc) is 2.84.